The molecule has 0 radical (unpaired) electrons. The maximum Gasteiger partial charge on any atom is 0.233 e. The van der Waals surface area contributed by atoms with Crippen molar-refractivity contribution in [1.82, 2.24) is 9.80 Å². The van der Waals surface area contributed by atoms with E-state index in [-0.39, 0.29) is 11.3 Å². The number of likely N-dealkylation sites (tertiary alicyclic amines) is 2. The molecule has 1 saturated carbocycles. The molecule has 2 heterocycles. The smallest absolute Gasteiger partial charge is 0.233 e. The fourth-order valence-corrected chi connectivity index (χ4v) is 4.63. The Kier molecular flexibility index (Phi) is 4.96. The van der Waals surface area contributed by atoms with Gasteiger partial charge in [0, 0.05) is 37.6 Å². The van der Waals surface area contributed by atoms with E-state index in [1.54, 1.807) is 0 Å². The van der Waals surface area contributed by atoms with Crippen LogP contribution < -0.4 is 0 Å². The minimum Gasteiger partial charge on any atom is -0.342 e. The number of piperidine rings is 2. The number of rotatable bonds is 4. The number of benzene rings is 1. The molecule has 5 heteroatoms. The maximum atomic E-state index is 13.1. The normalized spacial score (nSPS) is 23.2. The Labute approximate surface area is 160 Å². The Morgan fingerprint density at radius 2 is 1.77 bits per heavy atom. The molecule has 0 N–H and O–H groups in total. The van der Waals surface area contributed by atoms with Gasteiger partial charge in [0.25, 0.3) is 0 Å². The second-order valence-electron chi connectivity index (χ2n) is 8.12. The van der Waals surface area contributed by atoms with Crippen LogP contribution in [-0.2, 0) is 15.0 Å². The Morgan fingerprint density at radius 1 is 1.08 bits per heavy atom. The second-order valence-corrected chi connectivity index (χ2v) is 8.56. The highest BCUT2D eigenvalue weighted by Crippen LogP contribution is 2.50. The lowest BCUT2D eigenvalue weighted by Gasteiger charge is -2.37. The number of hydrogen-bond acceptors (Lipinski definition) is 2. The van der Waals surface area contributed by atoms with E-state index in [0.717, 1.165) is 70.3 Å². The van der Waals surface area contributed by atoms with Crippen molar-refractivity contribution in [3.8, 4) is 0 Å². The average molecular weight is 375 g/mol. The van der Waals surface area contributed by atoms with E-state index in [9.17, 15) is 9.59 Å². The summed E-state index contributed by atoms with van der Waals surface area (Å²) in [5.41, 5.74) is 0.799. The van der Waals surface area contributed by atoms with Crippen LogP contribution in [0.25, 0.3) is 0 Å². The number of amides is 2. The number of carbonyl (C=O) groups is 2. The summed E-state index contributed by atoms with van der Waals surface area (Å²) in [6, 6.07) is 7.77. The van der Waals surface area contributed by atoms with Crippen molar-refractivity contribution in [2.75, 3.05) is 26.2 Å². The molecular formula is C21H27ClN2O2. The zero-order valence-corrected chi connectivity index (χ0v) is 16.0. The predicted octanol–water partition coefficient (Wildman–Crippen LogP) is 3.62. The average Bonchev–Trinajstić information content (AvgIpc) is 3.46. The second kappa shape index (κ2) is 7.22. The van der Waals surface area contributed by atoms with Gasteiger partial charge < -0.3 is 9.80 Å². The Balaban J connectivity index is 1.33. The summed E-state index contributed by atoms with van der Waals surface area (Å²) in [6.45, 7) is 3.43. The fourth-order valence-electron chi connectivity index (χ4n) is 4.51. The van der Waals surface area contributed by atoms with E-state index in [4.69, 9.17) is 11.6 Å². The minimum absolute atomic E-state index is 0.285. The molecular weight excluding hydrogens is 348 g/mol. The number of carbonyl (C=O) groups excluding carboxylic acids is 2. The number of nitrogens with zero attached hydrogens (tertiary/aromatic N) is 2. The monoisotopic (exact) mass is 374 g/mol. The van der Waals surface area contributed by atoms with Gasteiger partial charge in [0.2, 0.25) is 11.8 Å². The zero-order valence-electron chi connectivity index (χ0n) is 15.3. The molecule has 1 aromatic carbocycles. The first-order valence-electron chi connectivity index (χ1n) is 9.92. The Morgan fingerprint density at radius 3 is 2.38 bits per heavy atom. The Hall–Kier alpha value is -1.55. The summed E-state index contributed by atoms with van der Waals surface area (Å²) in [5.74, 6) is 1.13. The predicted molar refractivity (Wildman–Crippen MR) is 102 cm³/mol. The molecule has 2 saturated heterocycles. The summed E-state index contributed by atoms with van der Waals surface area (Å²) < 4.78 is 0. The van der Waals surface area contributed by atoms with Crippen molar-refractivity contribution in [3.05, 3.63) is 34.9 Å². The van der Waals surface area contributed by atoms with Crippen molar-refractivity contribution in [3.63, 3.8) is 0 Å². The van der Waals surface area contributed by atoms with Crippen molar-refractivity contribution >= 4 is 23.4 Å². The van der Waals surface area contributed by atoms with Gasteiger partial charge in [-0.25, -0.2) is 0 Å². The first-order valence-corrected chi connectivity index (χ1v) is 10.3. The molecule has 140 valence electrons. The lowest BCUT2D eigenvalue weighted by Crippen LogP contribution is -2.46. The SMILES string of the molecule is O=C1CCCCN1CC1CCN(C(=O)C2(c3ccc(Cl)cc3)CC2)CC1. The number of hydrogen-bond donors (Lipinski definition) is 0. The van der Waals surface area contributed by atoms with Gasteiger partial charge in [-0.1, -0.05) is 23.7 Å². The molecule has 1 aliphatic carbocycles. The first kappa shape index (κ1) is 17.8. The van der Waals surface area contributed by atoms with E-state index in [2.05, 4.69) is 4.90 Å². The minimum atomic E-state index is -0.305. The quantitative estimate of drug-likeness (QED) is 0.807. The van der Waals surface area contributed by atoms with Crippen LogP contribution in [0.2, 0.25) is 5.02 Å². The maximum absolute atomic E-state index is 13.1. The molecule has 0 unspecified atom stereocenters. The summed E-state index contributed by atoms with van der Waals surface area (Å²) in [6.07, 6.45) is 6.77. The molecule has 2 aliphatic heterocycles. The van der Waals surface area contributed by atoms with Gasteiger partial charge in [-0.2, -0.15) is 0 Å². The summed E-state index contributed by atoms with van der Waals surface area (Å²) in [7, 11) is 0. The Bertz CT molecular complexity index is 676. The summed E-state index contributed by atoms with van der Waals surface area (Å²) in [5, 5.41) is 0.713. The van der Waals surface area contributed by atoms with Crippen LogP contribution in [0.4, 0.5) is 0 Å². The van der Waals surface area contributed by atoms with Crippen LogP contribution in [-0.4, -0.2) is 47.8 Å². The van der Waals surface area contributed by atoms with Gasteiger partial charge in [-0.15, -0.1) is 0 Å². The van der Waals surface area contributed by atoms with Crippen LogP contribution >= 0.6 is 11.6 Å². The van der Waals surface area contributed by atoms with E-state index < -0.39 is 0 Å². The van der Waals surface area contributed by atoms with Gasteiger partial charge in [0.1, 0.15) is 0 Å². The van der Waals surface area contributed by atoms with E-state index in [1.165, 1.54) is 0 Å². The molecule has 1 aromatic rings. The lowest BCUT2D eigenvalue weighted by atomic mass is 9.91. The first-order chi connectivity index (χ1) is 12.6. The molecule has 26 heavy (non-hydrogen) atoms. The van der Waals surface area contributed by atoms with E-state index in [1.807, 2.05) is 29.2 Å². The highest BCUT2D eigenvalue weighted by atomic mass is 35.5. The molecule has 0 aromatic heterocycles. The molecule has 4 nitrogen and oxygen atoms in total. The van der Waals surface area contributed by atoms with E-state index in [0.29, 0.717) is 23.3 Å². The van der Waals surface area contributed by atoms with Crippen molar-refractivity contribution < 1.29 is 9.59 Å². The molecule has 3 aliphatic rings. The van der Waals surface area contributed by atoms with Gasteiger partial charge >= 0.3 is 0 Å². The van der Waals surface area contributed by atoms with Crippen LogP contribution in [0, 0.1) is 5.92 Å². The standard InChI is InChI=1S/C21H27ClN2O2/c22-18-6-4-17(5-7-18)21(10-11-21)20(26)23-13-8-16(9-14-23)15-24-12-2-1-3-19(24)25/h4-7,16H,1-3,8-15H2. The topological polar surface area (TPSA) is 40.6 Å². The van der Waals surface area contributed by atoms with Gasteiger partial charge in [-0.3, -0.25) is 9.59 Å². The van der Waals surface area contributed by atoms with Crippen molar-refractivity contribution in [2.45, 2.75) is 50.4 Å². The third-order valence-corrected chi connectivity index (χ3v) is 6.61. The molecule has 4 rings (SSSR count). The van der Waals surface area contributed by atoms with Crippen LogP contribution in [0.3, 0.4) is 0 Å². The summed E-state index contributed by atoms with van der Waals surface area (Å²) in [4.78, 5) is 29.3. The molecule has 0 bridgehead atoms. The van der Waals surface area contributed by atoms with Gasteiger partial charge in [0.05, 0.1) is 5.41 Å². The van der Waals surface area contributed by atoms with Gasteiger partial charge in [0.15, 0.2) is 0 Å². The van der Waals surface area contributed by atoms with Crippen molar-refractivity contribution in [1.29, 1.82) is 0 Å². The fraction of sp³-hybridized carbons (Fsp3) is 0.619. The van der Waals surface area contributed by atoms with Crippen LogP contribution in [0.1, 0.15) is 50.5 Å². The lowest BCUT2D eigenvalue weighted by molar-refractivity contribution is -0.137. The molecule has 3 fully saturated rings. The van der Waals surface area contributed by atoms with E-state index >= 15 is 0 Å². The molecule has 0 atom stereocenters. The summed E-state index contributed by atoms with van der Waals surface area (Å²) >= 11 is 5.99. The van der Waals surface area contributed by atoms with Crippen molar-refractivity contribution in [2.24, 2.45) is 5.92 Å². The van der Waals surface area contributed by atoms with Crippen LogP contribution in [0.15, 0.2) is 24.3 Å². The largest absolute Gasteiger partial charge is 0.342 e. The van der Waals surface area contributed by atoms with Crippen LogP contribution in [0.5, 0.6) is 0 Å². The third kappa shape index (κ3) is 3.48. The zero-order chi connectivity index (χ0) is 18.1. The number of halogens is 1. The molecule has 2 amide bonds. The molecule has 0 spiro atoms. The third-order valence-electron chi connectivity index (χ3n) is 6.36. The van der Waals surface area contributed by atoms with Gasteiger partial charge in [-0.05, 0) is 62.1 Å². The highest BCUT2D eigenvalue weighted by Gasteiger charge is 2.53. The highest BCUT2D eigenvalue weighted by molar-refractivity contribution is 6.30.